The average molecular weight is 285 g/mol. The summed E-state index contributed by atoms with van der Waals surface area (Å²) in [6, 6.07) is 10.2. The van der Waals surface area contributed by atoms with Gasteiger partial charge in [0.05, 0.1) is 12.1 Å². The molecule has 0 aliphatic carbocycles. The average Bonchev–Trinajstić information content (AvgIpc) is 3.00. The second kappa shape index (κ2) is 5.99. The standard InChI is InChI=1S/C16H19N3O2/c1-13-3-2-4-15(11-13)18-6-8-19(9-7-18)16(20)12-14-5-10-21-17-14/h2-5,10-11H,6-9,12H2,1H3. The summed E-state index contributed by atoms with van der Waals surface area (Å²) in [5.74, 6) is 0.118. The molecule has 2 heterocycles. The highest BCUT2D eigenvalue weighted by Crippen LogP contribution is 2.18. The Morgan fingerprint density at radius 2 is 2.05 bits per heavy atom. The van der Waals surface area contributed by atoms with Crippen molar-refractivity contribution in [3.05, 3.63) is 47.9 Å². The van der Waals surface area contributed by atoms with Gasteiger partial charge in [0.1, 0.15) is 6.26 Å². The molecule has 1 aromatic heterocycles. The van der Waals surface area contributed by atoms with Crippen LogP contribution in [0.2, 0.25) is 0 Å². The fraction of sp³-hybridized carbons (Fsp3) is 0.375. The molecule has 1 saturated heterocycles. The Bertz CT molecular complexity index is 602. The summed E-state index contributed by atoms with van der Waals surface area (Å²) in [7, 11) is 0. The molecule has 5 heteroatoms. The lowest BCUT2D eigenvalue weighted by molar-refractivity contribution is -0.130. The fourth-order valence-corrected chi connectivity index (χ4v) is 2.63. The Kier molecular flexibility index (Phi) is 3.90. The Balaban J connectivity index is 1.56. The molecule has 0 bridgehead atoms. The van der Waals surface area contributed by atoms with Crippen molar-refractivity contribution in [3.8, 4) is 0 Å². The van der Waals surface area contributed by atoms with Gasteiger partial charge in [0.2, 0.25) is 5.91 Å². The third-order valence-corrected chi connectivity index (χ3v) is 3.82. The number of hydrogen-bond acceptors (Lipinski definition) is 4. The van der Waals surface area contributed by atoms with Gasteiger partial charge in [-0.2, -0.15) is 0 Å². The van der Waals surface area contributed by atoms with Crippen LogP contribution in [0.5, 0.6) is 0 Å². The van der Waals surface area contributed by atoms with E-state index in [9.17, 15) is 4.79 Å². The van der Waals surface area contributed by atoms with Crippen LogP contribution in [0.4, 0.5) is 5.69 Å². The molecule has 3 rings (SSSR count). The molecule has 1 aliphatic rings. The maximum absolute atomic E-state index is 12.2. The molecule has 0 N–H and O–H groups in total. The van der Waals surface area contributed by atoms with Gasteiger partial charge in [0.25, 0.3) is 0 Å². The fourth-order valence-electron chi connectivity index (χ4n) is 2.63. The Morgan fingerprint density at radius 3 is 2.71 bits per heavy atom. The number of carbonyl (C=O) groups excluding carboxylic acids is 1. The zero-order valence-electron chi connectivity index (χ0n) is 12.2. The van der Waals surface area contributed by atoms with E-state index in [1.165, 1.54) is 17.5 Å². The minimum absolute atomic E-state index is 0.118. The molecule has 1 amide bonds. The van der Waals surface area contributed by atoms with Crippen molar-refractivity contribution in [3.63, 3.8) is 0 Å². The first-order chi connectivity index (χ1) is 10.2. The van der Waals surface area contributed by atoms with E-state index >= 15 is 0 Å². The number of carbonyl (C=O) groups is 1. The van der Waals surface area contributed by atoms with Gasteiger partial charge in [-0.3, -0.25) is 4.79 Å². The monoisotopic (exact) mass is 285 g/mol. The van der Waals surface area contributed by atoms with Crippen molar-refractivity contribution in [1.82, 2.24) is 10.1 Å². The minimum atomic E-state index is 0.118. The molecule has 0 radical (unpaired) electrons. The highest BCUT2D eigenvalue weighted by atomic mass is 16.5. The normalized spacial score (nSPS) is 15.3. The van der Waals surface area contributed by atoms with E-state index in [4.69, 9.17) is 4.52 Å². The van der Waals surface area contributed by atoms with E-state index in [0.717, 1.165) is 26.2 Å². The van der Waals surface area contributed by atoms with Crippen LogP contribution in [-0.4, -0.2) is 42.1 Å². The molecular weight excluding hydrogens is 266 g/mol. The van der Waals surface area contributed by atoms with Crippen LogP contribution in [0.15, 0.2) is 41.1 Å². The maximum atomic E-state index is 12.2. The number of anilines is 1. The second-order valence-corrected chi connectivity index (χ2v) is 5.37. The number of piperazine rings is 1. The summed E-state index contributed by atoms with van der Waals surface area (Å²) in [6.45, 7) is 5.35. The molecule has 1 aliphatic heterocycles. The summed E-state index contributed by atoms with van der Waals surface area (Å²) in [5, 5.41) is 3.79. The zero-order valence-corrected chi connectivity index (χ0v) is 12.2. The van der Waals surface area contributed by atoms with E-state index in [2.05, 4.69) is 41.2 Å². The minimum Gasteiger partial charge on any atom is -0.368 e. The van der Waals surface area contributed by atoms with E-state index in [1.807, 2.05) is 4.90 Å². The lowest BCUT2D eigenvalue weighted by atomic mass is 10.2. The topological polar surface area (TPSA) is 49.6 Å². The van der Waals surface area contributed by atoms with Crippen LogP contribution >= 0.6 is 0 Å². The largest absolute Gasteiger partial charge is 0.368 e. The number of rotatable bonds is 3. The van der Waals surface area contributed by atoms with Crippen LogP contribution in [0.3, 0.4) is 0 Å². The molecule has 5 nitrogen and oxygen atoms in total. The highest BCUT2D eigenvalue weighted by molar-refractivity contribution is 5.78. The molecule has 0 saturated carbocycles. The predicted molar refractivity (Wildman–Crippen MR) is 80.2 cm³/mol. The van der Waals surface area contributed by atoms with Gasteiger partial charge >= 0.3 is 0 Å². The first-order valence-corrected chi connectivity index (χ1v) is 7.21. The molecule has 1 aromatic carbocycles. The van der Waals surface area contributed by atoms with Crippen molar-refractivity contribution in [1.29, 1.82) is 0 Å². The van der Waals surface area contributed by atoms with Crippen molar-refractivity contribution >= 4 is 11.6 Å². The Hall–Kier alpha value is -2.30. The van der Waals surface area contributed by atoms with Gasteiger partial charge in [0.15, 0.2) is 0 Å². The molecular formula is C16H19N3O2. The number of nitrogens with zero attached hydrogens (tertiary/aromatic N) is 3. The van der Waals surface area contributed by atoms with Crippen LogP contribution in [0, 0.1) is 6.92 Å². The lowest BCUT2D eigenvalue weighted by Gasteiger charge is -2.36. The third kappa shape index (κ3) is 3.24. The first-order valence-electron chi connectivity index (χ1n) is 7.21. The quantitative estimate of drug-likeness (QED) is 0.864. The van der Waals surface area contributed by atoms with Crippen molar-refractivity contribution in [2.75, 3.05) is 31.1 Å². The summed E-state index contributed by atoms with van der Waals surface area (Å²) in [6.07, 6.45) is 1.82. The van der Waals surface area contributed by atoms with E-state index in [-0.39, 0.29) is 5.91 Å². The first kappa shape index (κ1) is 13.7. The van der Waals surface area contributed by atoms with Crippen LogP contribution < -0.4 is 4.90 Å². The number of aryl methyl sites for hydroxylation is 1. The zero-order chi connectivity index (χ0) is 14.7. The Labute approximate surface area is 124 Å². The van der Waals surface area contributed by atoms with Gasteiger partial charge in [0, 0.05) is 37.9 Å². The molecule has 0 atom stereocenters. The van der Waals surface area contributed by atoms with E-state index < -0.39 is 0 Å². The molecule has 1 fully saturated rings. The van der Waals surface area contributed by atoms with Gasteiger partial charge in [-0.25, -0.2) is 0 Å². The summed E-state index contributed by atoms with van der Waals surface area (Å²) >= 11 is 0. The molecule has 21 heavy (non-hydrogen) atoms. The lowest BCUT2D eigenvalue weighted by Crippen LogP contribution is -2.49. The van der Waals surface area contributed by atoms with Gasteiger partial charge in [-0.15, -0.1) is 0 Å². The van der Waals surface area contributed by atoms with Crippen LogP contribution in [0.25, 0.3) is 0 Å². The SMILES string of the molecule is Cc1cccc(N2CCN(C(=O)Cc3ccon3)CC2)c1. The van der Waals surface area contributed by atoms with Crippen molar-refractivity contribution in [2.24, 2.45) is 0 Å². The van der Waals surface area contributed by atoms with Crippen LogP contribution in [-0.2, 0) is 11.2 Å². The van der Waals surface area contributed by atoms with Crippen molar-refractivity contribution in [2.45, 2.75) is 13.3 Å². The number of benzene rings is 1. The number of hydrogen-bond donors (Lipinski definition) is 0. The number of aromatic nitrogens is 1. The summed E-state index contributed by atoms with van der Waals surface area (Å²) in [4.78, 5) is 16.4. The molecule has 2 aromatic rings. The van der Waals surface area contributed by atoms with Gasteiger partial charge in [-0.1, -0.05) is 17.3 Å². The van der Waals surface area contributed by atoms with E-state index in [1.54, 1.807) is 6.07 Å². The number of amides is 1. The maximum Gasteiger partial charge on any atom is 0.228 e. The van der Waals surface area contributed by atoms with Crippen LogP contribution in [0.1, 0.15) is 11.3 Å². The summed E-state index contributed by atoms with van der Waals surface area (Å²) < 4.78 is 4.76. The molecule has 0 unspecified atom stereocenters. The van der Waals surface area contributed by atoms with Gasteiger partial charge < -0.3 is 14.3 Å². The van der Waals surface area contributed by atoms with Crippen molar-refractivity contribution < 1.29 is 9.32 Å². The second-order valence-electron chi connectivity index (χ2n) is 5.37. The molecule has 0 spiro atoms. The predicted octanol–water partition coefficient (Wildman–Crippen LogP) is 1.87. The summed E-state index contributed by atoms with van der Waals surface area (Å²) in [5.41, 5.74) is 3.19. The smallest absolute Gasteiger partial charge is 0.228 e. The van der Waals surface area contributed by atoms with Gasteiger partial charge in [-0.05, 0) is 24.6 Å². The third-order valence-electron chi connectivity index (χ3n) is 3.82. The van der Waals surface area contributed by atoms with E-state index in [0.29, 0.717) is 12.1 Å². The highest BCUT2D eigenvalue weighted by Gasteiger charge is 2.21. The Morgan fingerprint density at radius 1 is 1.24 bits per heavy atom. The molecule has 110 valence electrons.